The number of carbonyl (C=O) groups is 1. The number of amides is 1. The van der Waals surface area contributed by atoms with E-state index in [1.165, 1.54) is 0 Å². The Kier molecular flexibility index (Phi) is 7.11. The molecule has 7 heteroatoms. The first-order valence-corrected chi connectivity index (χ1v) is 11.4. The SMILES string of the molecule is Cc1nc(CSc2ccc(C(=O)N3CCN(C(C#N)C(C)C)CC3)cc2)cs1. The molecule has 1 unspecified atom stereocenters. The maximum atomic E-state index is 12.8. The first kappa shape index (κ1) is 20.8. The number of nitriles is 1. The van der Waals surface area contributed by atoms with Gasteiger partial charge in [-0.05, 0) is 37.1 Å². The Hall–Kier alpha value is -1.88. The fourth-order valence-electron chi connectivity index (χ4n) is 3.36. The fraction of sp³-hybridized carbons (Fsp3) is 0.476. The van der Waals surface area contributed by atoms with Gasteiger partial charge in [0.05, 0.1) is 16.8 Å². The van der Waals surface area contributed by atoms with Crippen LogP contribution in [0.2, 0.25) is 0 Å². The van der Waals surface area contributed by atoms with Gasteiger partial charge in [0.15, 0.2) is 0 Å². The predicted octanol–water partition coefficient (Wildman–Crippen LogP) is 4.05. The van der Waals surface area contributed by atoms with Crippen molar-refractivity contribution in [3.63, 3.8) is 0 Å². The van der Waals surface area contributed by atoms with Gasteiger partial charge in [-0.15, -0.1) is 23.1 Å². The van der Waals surface area contributed by atoms with E-state index in [0.717, 1.165) is 40.0 Å². The zero-order chi connectivity index (χ0) is 20.1. The second kappa shape index (κ2) is 9.55. The summed E-state index contributed by atoms with van der Waals surface area (Å²) in [5.74, 6) is 1.21. The van der Waals surface area contributed by atoms with E-state index in [1.54, 1.807) is 23.1 Å². The van der Waals surface area contributed by atoms with E-state index in [-0.39, 0.29) is 11.9 Å². The number of hydrogen-bond acceptors (Lipinski definition) is 6. The number of benzene rings is 1. The first-order chi connectivity index (χ1) is 13.5. The minimum absolute atomic E-state index is 0.0735. The smallest absolute Gasteiger partial charge is 0.253 e. The molecule has 0 aliphatic carbocycles. The number of thiazole rings is 1. The lowest BCUT2D eigenvalue weighted by atomic mass is 10.0. The number of hydrogen-bond donors (Lipinski definition) is 0. The quantitative estimate of drug-likeness (QED) is 0.668. The van der Waals surface area contributed by atoms with Crippen LogP contribution < -0.4 is 0 Å². The minimum Gasteiger partial charge on any atom is -0.336 e. The highest BCUT2D eigenvalue weighted by Gasteiger charge is 2.28. The summed E-state index contributed by atoms with van der Waals surface area (Å²) in [6.45, 7) is 9.00. The first-order valence-electron chi connectivity index (χ1n) is 9.54. The Morgan fingerprint density at radius 1 is 1.25 bits per heavy atom. The Morgan fingerprint density at radius 3 is 2.46 bits per heavy atom. The van der Waals surface area contributed by atoms with Crippen LogP contribution in [0.1, 0.15) is 34.9 Å². The molecule has 0 saturated carbocycles. The summed E-state index contributed by atoms with van der Waals surface area (Å²) < 4.78 is 0. The Morgan fingerprint density at radius 2 is 1.93 bits per heavy atom. The Balaban J connectivity index is 1.53. The van der Waals surface area contributed by atoms with Crippen molar-refractivity contribution in [2.24, 2.45) is 5.92 Å². The molecular weight excluding hydrogens is 388 g/mol. The lowest BCUT2D eigenvalue weighted by Gasteiger charge is -2.38. The molecule has 1 aromatic carbocycles. The van der Waals surface area contributed by atoms with E-state index in [0.29, 0.717) is 19.0 Å². The molecule has 0 radical (unpaired) electrons. The van der Waals surface area contributed by atoms with E-state index in [4.69, 9.17) is 0 Å². The topological polar surface area (TPSA) is 60.2 Å². The highest BCUT2D eigenvalue weighted by molar-refractivity contribution is 7.98. The van der Waals surface area contributed by atoms with Crippen LogP contribution in [0.4, 0.5) is 0 Å². The van der Waals surface area contributed by atoms with Crippen LogP contribution in [-0.4, -0.2) is 52.9 Å². The Bertz CT molecular complexity index is 833. The second-order valence-electron chi connectivity index (χ2n) is 7.32. The van der Waals surface area contributed by atoms with Crippen LogP contribution in [0.5, 0.6) is 0 Å². The molecule has 0 bridgehead atoms. The average Bonchev–Trinajstić information content (AvgIpc) is 3.12. The van der Waals surface area contributed by atoms with Crippen molar-refractivity contribution in [2.75, 3.05) is 26.2 Å². The predicted molar refractivity (Wildman–Crippen MR) is 115 cm³/mol. The van der Waals surface area contributed by atoms with Crippen LogP contribution in [0.25, 0.3) is 0 Å². The number of aromatic nitrogens is 1. The molecule has 148 valence electrons. The minimum atomic E-state index is -0.0740. The van der Waals surface area contributed by atoms with Crippen molar-refractivity contribution in [3.05, 3.63) is 45.9 Å². The number of thioether (sulfide) groups is 1. The van der Waals surface area contributed by atoms with Gasteiger partial charge in [0.2, 0.25) is 0 Å². The molecule has 28 heavy (non-hydrogen) atoms. The van der Waals surface area contributed by atoms with E-state index in [1.807, 2.05) is 36.1 Å². The molecule has 2 aromatic rings. The van der Waals surface area contributed by atoms with Gasteiger partial charge in [0, 0.05) is 47.8 Å². The van der Waals surface area contributed by atoms with Crippen LogP contribution in [0, 0.1) is 24.2 Å². The molecule has 1 fully saturated rings. The van der Waals surface area contributed by atoms with Crippen LogP contribution >= 0.6 is 23.1 Å². The molecule has 0 N–H and O–H groups in total. The van der Waals surface area contributed by atoms with Crippen LogP contribution in [-0.2, 0) is 5.75 Å². The van der Waals surface area contributed by atoms with Crippen LogP contribution in [0.3, 0.4) is 0 Å². The number of aryl methyl sites for hydroxylation is 1. The van der Waals surface area contributed by atoms with E-state index >= 15 is 0 Å². The van der Waals surface area contributed by atoms with E-state index in [9.17, 15) is 10.1 Å². The van der Waals surface area contributed by atoms with E-state index in [2.05, 4.69) is 35.2 Å². The lowest BCUT2D eigenvalue weighted by molar-refractivity contribution is 0.0576. The van der Waals surface area contributed by atoms with Gasteiger partial charge in [-0.1, -0.05) is 13.8 Å². The highest BCUT2D eigenvalue weighted by Crippen LogP contribution is 2.24. The summed E-state index contributed by atoms with van der Waals surface area (Å²) >= 11 is 3.40. The molecular formula is C21H26N4OS2. The van der Waals surface area contributed by atoms with Gasteiger partial charge in [0.1, 0.15) is 6.04 Å². The second-order valence-corrected chi connectivity index (χ2v) is 9.43. The molecule has 1 saturated heterocycles. The summed E-state index contributed by atoms with van der Waals surface area (Å²) in [6.07, 6.45) is 0. The van der Waals surface area contributed by atoms with Gasteiger partial charge >= 0.3 is 0 Å². The summed E-state index contributed by atoms with van der Waals surface area (Å²) in [7, 11) is 0. The van der Waals surface area contributed by atoms with Crippen molar-refractivity contribution in [1.82, 2.24) is 14.8 Å². The third kappa shape index (κ3) is 5.13. The molecule has 1 aliphatic rings. The standard InChI is InChI=1S/C21H26N4OS2/c1-15(2)20(12-22)24-8-10-25(11-9-24)21(26)17-4-6-19(7-5-17)28-14-18-13-27-16(3)23-18/h4-7,13,15,20H,8-11,14H2,1-3H3. The van der Waals surface area contributed by atoms with Crippen molar-refractivity contribution in [3.8, 4) is 6.07 Å². The van der Waals surface area contributed by atoms with Crippen LogP contribution in [0.15, 0.2) is 34.5 Å². The molecule has 0 spiro atoms. The van der Waals surface area contributed by atoms with Gasteiger partial charge < -0.3 is 4.90 Å². The number of rotatable bonds is 6. The molecule has 1 aromatic heterocycles. The number of carbonyl (C=O) groups excluding carboxylic acids is 1. The molecule has 1 aliphatic heterocycles. The lowest BCUT2D eigenvalue weighted by Crippen LogP contribution is -2.52. The van der Waals surface area contributed by atoms with Crippen molar-refractivity contribution in [1.29, 1.82) is 5.26 Å². The summed E-state index contributed by atoms with van der Waals surface area (Å²) in [4.78, 5) is 22.5. The third-order valence-electron chi connectivity index (χ3n) is 4.91. The normalized spacial score (nSPS) is 16.2. The van der Waals surface area contributed by atoms with E-state index < -0.39 is 0 Å². The number of piperazine rings is 1. The average molecular weight is 415 g/mol. The van der Waals surface area contributed by atoms with Crippen molar-refractivity contribution >= 4 is 29.0 Å². The monoisotopic (exact) mass is 414 g/mol. The maximum Gasteiger partial charge on any atom is 0.253 e. The highest BCUT2D eigenvalue weighted by atomic mass is 32.2. The summed E-state index contributed by atoms with van der Waals surface area (Å²) in [5.41, 5.74) is 1.82. The molecule has 2 heterocycles. The Labute approximate surface area is 175 Å². The van der Waals surface area contributed by atoms with Crippen molar-refractivity contribution in [2.45, 2.75) is 37.5 Å². The zero-order valence-corrected chi connectivity index (χ0v) is 18.2. The molecule has 1 atom stereocenters. The molecule has 1 amide bonds. The molecule has 3 rings (SSSR count). The zero-order valence-electron chi connectivity index (χ0n) is 16.6. The summed E-state index contributed by atoms with van der Waals surface area (Å²) in [5, 5.41) is 12.6. The van der Waals surface area contributed by atoms with Gasteiger partial charge in [-0.3, -0.25) is 9.69 Å². The van der Waals surface area contributed by atoms with Crippen molar-refractivity contribution < 1.29 is 4.79 Å². The maximum absolute atomic E-state index is 12.8. The fourth-order valence-corrected chi connectivity index (χ4v) is 4.87. The van der Waals surface area contributed by atoms with Gasteiger partial charge in [-0.25, -0.2) is 4.98 Å². The molecule has 5 nitrogen and oxygen atoms in total. The van der Waals surface area contributed by atoms with Gasteiger partial charge in [-0.2, -0.15) is 5.26 Å². The third-order valence-corrected chi connectivity index (χ3v) is 6.78. The summed E-state index contributed by atoms with van der Waals surface area (Å²) in [6, 6.07) is 10.2. The largest absolute Gasteiger partial charge is 0.336 e. The van der Waals surface area contributed by atoms with Gasteiger partial charge in [0.25, 0.3) is 5.91 Å². The number of nitrogens with zero attached hydrogens (tertiary/aromatic N) is 4.